The monoisotopic (exact) mass is 431 g/mol. The van der Waals surface area contributed by atoms with E-state index in [4.69, 9.17) is 5.73 Å². The van der Waals surface area contributed by atoms with Gasteiger partial charge in [0.15, 0.2) is 11.6 Å². The van der Waals surface area contributed by atoms with E-state index < -0.39 is 27.6 Å². The minimum Gasteiger partial charge on any atom is -0.329 e. The van der Waals surface area contributed by atoms with E-state index in [0.29, 0.717) is 12.1 Å². The first kappa shape index (κ1) is 22.2. The van der Waals surface area contributed by atoms with Crippen molar-refractivity contribution in [2.24, 2.45) is 11.7 Å². The molecular weight excluding hydrogens is 412 g/mol. The highest BCUT2D eigenvalue weighted by Gasteiger charge is 2.45. The number of amides is 1. The average Bonchev–Trinajstić information content (AvgIpc) is 3.43. The number of benzene rings is 2. The highest BCUT2D eigenvalue weighted by atomic mass is 35.5. The van der Waals surface area contributed by atoms with Gasteiger partial charge < -0.3 is 11.1 Å². The number of nitrogens with one attached hydrogen (secondary N) is 2. The molecule has 10 heteroatoms. The second-order valence-electron chi connectivity index (χ2n) is 6.30. The second kappa shape index (κ2) is 8.95. The molecule has 4 N–H and O–H groups in total. The molecule has 1 saturated carbocycles. The first-order valence-corrected chi connectivity index (χ1v) is 9.86. The van der Waals surface area contributed by atoms with Gasteiger partial charge in [-0.15, -0.1) is 12.4 Å². The van der Waals surface area contributed by atoms with Gasteiger partial charge in [-0.3, -0.25) is 4.79 Å². The summed E-state index contributed by atoms with van der Waals surface area (Å²) in [5.41, 5.74) is 5.78. The summed E-state index contributed by atoms with van der Waals surface area (Å²) in [6.45, 7) is 0.261. The van der Waals surface area contributed by atoms with E-state index in [9.17, 15) is 22.0 Å². The Balaban J connectivity index is 0.00000280. The fourth-order valence-electron chi connectivity index (χ4n) is 2.89. The smallest absolute Gasteiger partial charge is 0.240 e. The number of halogens is 3. The molecule has 2 aromatic rings. The van der Waals surface area contributed by atoms with Gasteiger partial charge >= 0.3 is 0 Å². The van der Waals surface area contributed by atoms with Crippen LogP contribution in [0, 0.1) is 17.6 Å². The molecule has 0 aromatic heterocycles. The van der Waals surface area contributed by atoms with Gasteiger partial charge in [0.05, 0.1) is 4.90 Å². The van der Waals surface area contributed by atoms with Crippen molar-refractivity contribution in [3.8, 4) is 0 Å². The molecule has 6 nitrogen and oxygen atoms in total. The predicted octanol–water partition coefficient (Wildman–Crippen LogP) is 2.37. The zero-order chi connectivity index (χ0) is 19.6. The minimum absolute atomic E-state index is 0. The third-order valence-electron chi connectivity index (χ3n) is 4.36. The minimum atomic E-state index is -3.72. The second-order valence-corrected chi connectivity index (χ2v) is 8.06. The van der Waals surface area contributed by atoms with E-state index in [-0.39, 0.29) is 47.8 Å². The van der Waals surface area contributed by atoms with Crippen LogP contribution in [0.2, 0.25) is 0 Å². The van der Waals surface area contributed by atoms with Crippen LogP contribution in [0.15, 0.2) is 47.4 Å². The van der Waals surface area contributed by atoms with Crippen LogP contribution in [0.4, 0.5) is 14.5 Å². The van der Waals surface area contributed by atoms with E-state index in [1.165, 1.54) is 30.3 Å². The Morgan fingerprint density at radius 3 is 2.61 bits per heavy atom. The Morgan fingerprint density at radius 1 is 1.18 bits per heavy atom. The summed E-state index contributed by atoms with van der Waals surface area (Å²) < 4.78 is 53.8. The largest absolute Gasteiger partial charge is 0.329 e. The maximum absolute atomic E-state index is 13.9. The summed E-state index contributed by atoms with van der Waals surface area (Å²) in [4.78, 5) is 12.4. The first-order chi connectivity index (χ1) is 12.8. The summed E-state index contributed by atoms with van der Waals surface area (Å²) in [5, 5.41) is 2.63. The van der Waals surface area contributed by atoms with Crippen molar-refractivity contribution in [3.63, 3.8) is 0 Å². The number of sulfonamides is 1. The molecule has 0 bridgehead atoms. The van der Waals surface area contributed by atoms with Gasteiger partial charge in [-0.25, -0.2) is 21.9 Å². The number of rotatable bonds is 7. The lowest BCUT2D eigenvalue weighted by Crippen LogP contribution is -2.29. The molecule has 3 rings (SSSR count). The quantitative estimate of drug-likeness (QED) is 0.626. The van der Waals surface area contributed by atoms with Crippen LogP contribution in [0.3, 0.4) is 0 Å². The average molecular weight is 432 g/mol. The summed E-state index contributed by atoms with van der Waals surface area (Å²) >= 11 is 0. The third-order valence-corrected chi connectivity index (χ3v) is 5.82. The third kappa shape index (κ3) is 4.85. The number of hydrogen-bond acceptors (Lipinski definition) is 4. The molecule has 0 spiro atoms. The molecule has 152 valence electrons. The van der Waals surface area contributed by atoms with Crippen molar-refractivity contribution in [2.45, 2.75) is 17.2 Å². The van der Waals surface area contributed by atoms with Gasteiger partial charge in [-0.1, -0.05) is 18.2 Å². The standard InChI is InChI=1S/C18H19F2N3O3S.ClH/c19-16-6-2-5-13(17(16)20)14-10-15(14)18(24)23-11-3-1-4-12(9-11)27(25,26)22-8-7-21;/h1-6,9,14-15,22H,7-8,10,21H2,(H,23,24);1H. The van der Waals surface area contributed by atoms with E-state index >= 15 is 0 Å². The molecule has 1 amide bonds. The van der Waals surface area contributed by atoms with Gasteiger partial charge in [0.2, 0.25) is 15.9 Å². The van der Waals surface area contributed by atoms with E-state index in [1.807, 2.05) is 0 Å². The number of anilines is 1. The molecule has 1 aliphatic carbocycles. The lowest BCUT2D eigenvalue weighted by molar-refractivity contribution is -0.117. The molecule has 2 unspecified atom stereocenters. The van der Waals surface area contributed by atoms with E-state index in [0.717, 1.165) is 6.07 Å². The van der Waals surface area contributed by atoms with Gasteiger partial charge in [0.1, 0.15) is 0 Å². The van der Waals surface area contributed by atoms with Crippen LogP contribution in [-0.2, 0) is 14.8 Å². The van der Waals surface area contributed by atoms with Crippen molar-refractivity contribution >= 4 is 34.0 Å². The van der Waals surface area contributed by atoms with E-state index in [1.54, 1.807) is 6.07 Å². The molecular formula is C18H20ClF2N3O3S. The molecule has 0 heterocycles. The number of carbonyl (C=O) groups excluding carboxylic acids is 1. The van der Waals surface area contributed by atoms with Gasteiger partial charge in [-0.05, 0) is 42.2 Å². The van der Waals surface area contributed by atoms with Crippen molar-refractivity contribution < 1.29 is 22.0 Å². The van der Waals surface area contributed by atoms with Crippen LogP contribution in [0.1, 0.15) is 17.9 Å². The number of nitrogens with two attached hydrogens (primary N) is 1. The maximum atomic E-state index is 13.9. The number of carbonyl (C=O) groups is 1. The summed E-state index contributed by atoms with van der Waals surface area (Å²) in [7, 11) is -3.72. The Bertz CT molecular complexity index is 972. The molecule has 1 aliphatic rings. The fraction of sp³-hybridized carbons (Fsp3) is 0.278. The van der Waals surface area contributed by atoms with Crippen molar-refractivity contribution in [2.75, 3.05) is 18.4 Å². The van der Waals surface area contributed by atoms with Gasteiger partial charge in [-0.2, -0.15) is 0 Å². The first-order valence-electron chi connectivity index (χ1n) is 8.38. The zero-order valence-electron chi connectivity index (χ0n) is 14.7. The number of hydrogen-bond donors (Lipinski definition) is 3. The van der Waals surface area contributed by atoms with Crippen molar-refractivity contribution in [3.05, 3.63) is 59.7 Å². The Labute approximate surface area is 168 Å². The summed E-state index contributed by atoms with van der Waals surface area (Å²) in [5.74, 6) is -3.12. The van der Waals surface area contributed by atoms with Crippen molar-refractivity contribution in [1.29, 1.82) is 0 Å². The Hall–Kier alpha value is -2.07. The summed E-state index contributed by atoms with van der Waals surface area (Å²) in [6, 6.07) is 9.69. The summed E-state index contributed by atoms with van der Waals surface area (Å²) in [6.07, 6.45) is 0.405. The van der Waals surface area contributed by atoms with Crippen LogP contribution in [0.5, 0.6) is 0 Å². The van der Waals surface area contributed by atoms with Crippen LogP contribution >= 0.6 is 12.4 Å². The van der Waals surface area contributed by atoms with Crippen LogP contribution in [0.25, 0.3) is 0 Å². The molecule has 0 radical (unpaired) electrons. The van der Waals surface area contributed by atoms with Crippen LogP contribution in [-0.4, -0.2) is 27.4 Å². The zero-order valence-corrected chi connectivity index (χ0v) is 16.3. The molecule has 1 fully saturated rings. The van der Waals surface area contributed by atoms with Gasteiger partial charge in [0, 0.05) is 24.7 Å². The predicted molar refractivity (Wildman–Crippen MR) is 104 cm³/mol. The van der Waals surface area contributed by atoms with Gasteiger partial charge in [0.25, 0.3) is 0 Å². The van der Waals surface area contributed by atoms with E-state index in [2.05, 4.69) is 10.0 Å². The highest BCUT2D eigenvalue weighted by molar-refractivity contribution is 7.89. The molecule has 2 aromatic carbocycles. The maximum Gasteiger partial charge on any atom is 0.240 e. The lowest BCUT2D eigenvalue weighted by atomic mass is 10.1. The normalized spacial score (nSPS) is 18.2. The molecule has 0 saturated heterocycles. The Morgan fingerprint density at radius 2 is 1.89 bits per heavy atom. The molecule has 2 atom stereocenters. The topological polar surface area (TPSA) is 101 Å². The molecule has 0 aliphatic heterocycles. The lowest BCUT2D eigenvalue weighted by Gasteiger charge is -2.09. The fourth-order valence-corrected chi connectivity index (χ4v) is 3.98. The molecule has 28 heavy (non-hydrogen) atoms. The SMILES string of the molecule is Cl.NCCNS(=O)(=O)c1cccc(NC(=O)C2CC2c2cccc(F)c2F)c1. The Kier molecular flexibility index (Phi) is 7.11. The van der Waals surface area contributed by atoms with Crippen molar-refractivity contribution in [1.82, 2.24) is 4.72 Å². The van der Waals surface area contributed by atoms with Crippen LogP contribution < -0.4 is 15.8 Å². The highest BCUT2D eigenvalue weighted by Crippen LogP contribution is 2.49.